The topological polar surface area (TPSA) is 55.8 Å². The fourth-order valence-electron chi connectivity index (χ4n) is 3.15. The summed E-state index contributed by atoms with van der Waals surface area (Å²) in [5.74, 6) is -0.464. The van der Waals surface area contributed by atoms with Gasteiger partial charge in [0.1, 0.15) is 11.6 Å². The molecular weight excluding hydrogens is 306 g/mol. The maximum absolute atomic E-state index is 12.2. The molecule has 1 fully saturated rings. The summed E-state index contributed by atoms with van der Waals surface area (Å²) >= 11 is 0. The van der Waals surface area contributed by atoms with E-state index in [0.717, 1.165) is 12.0 Å². The van der Waals surface area contributed by atoms with Gasteiger partial charge >= 0.3 is 11.9 Å². The molecular formula is C19H27NO4. The van der Waals surface area contributed by atoms with Crippen LogP contribution in [0.1, 0.15) is 45.6 Å². The smallest absolute Gasteiger partial charge is 0.323 e. The van der Waals surface area contributed by atoms with Crippen LogP contribution >= 0.6 is 0 Å². The summed E-state index contributed by atoms with van der Waals surface area (Å²) in [6.45, 7) is 6.20. The molecule has 2 atom stereocenters. The van der Waals surface area contributed by atoms with Crippen molar-refractivity contribution in [3.05, 3.63) is 35.9 Å². The Morgan fingerprint density at radius 1 is 1.17 bits per heavy atom. The van der Waals surface area contributed by atoms with E-state index in [1.54, 1.807) is 0 Å². The van der Waals surface area contributed by atoms with Crippen LogP contribution in [0.15, 0.2) is 30.3 Å². The number of rotatable bonds is 5. The Bertz CT molecular complexity index is 564. The summed E-state index contributed by atoms with van der Waals surface area (Å²) in [6.07, 6.45) is 1.77. The highest BCUT2D eigenvalue weighted by Crippen LogP contribution is 2.30. The van der Waals surface area contributed by atoms with Crippen molar-refractivity contribution in [2.45, 2.75) is 64.3 Å². The number of methoxy groups -OCH3 is 1. The van der Waals surface area contributed by atoms with Crippen LogP contribution in [0.25, 0.3) is 0 Å². The molecule has 0 aliphatic carbocycles. The van der Waals surface area contributed by atoms with Crippen molar-refractivity contribution < 1.29 is 19.1 Å². The molecule has 1 aliphatic heterocycles. The predicted molar refractivity (Wildman–Crippen MR) is 91.3 cm³/mol. The van der Waals surface area contributed by atoms with E-state index >= 15 is 0 Å². The van der Waals surface area contributed by atoms with Gasteiger partial charge in [-0.1, -0.05) is 30.3 Å². The summed E-state index contributed by atoms with van der Waals surface area (Å²) in [7, 11) is 1.41. The number of carbonyl (C=O) groups excluding carboxylic acids is 2. The number of ether oxygens (including phenoxy) is 2. The molecule has 0 radical (unpaired) electrons. The van der Waals surface area contributed by atoms with E-state index in [9.17, 15) is 9.59 Å². The summed E-state index contributed by atoms with van der Waals surface area (Å²) < 4.78 is 10.4. The number of nitrogens with zero attached hydrogens (tertiary/aromatic N) is 1. The molecule has 0 bridgehead atoms. The highest BCUT2D eigenvalue weighted by molar-refractivity contribution is 5.76. The lowest BCUT2D eigenvalue weighted by Crippen LogP contribution is -2.42. The normalized spacial score (nSPS) is 21.5. The highest BCUT2D eigenvalue weighted by atomic mass is 16.6. The molecule has 0 spiro atoms. The Morgan fingerprint density at radius 2 is 1.83 bits per heavy atom. The van der Waals surface area contributed by atoms with Gasteiger partial charge in [0.05, 0.1) is 13.5 Å². The first kappa shape index (κ1) is 18.5. The van der Waals surface area contributed by atoms with Gasteiger partial charge in [0.15, 0.2) is 0 Å². The minimum Gasteiger partial charge on any atom is -0.468 e. The Balaban J connectivity index is 2.10. The Kier molecular flexibility index (Phi) is 5.99. The molecule has 24 heavy (non-hydrogen) atoms. The molecule has 0 amide bonds. The molecule has 1 aromatic carbocycles. The fourth-order valence-corrected chi connectivity index (χ4v) is 3.15. The van der Waals surface area contributed by atoms with Crippen molar-refractivity contribution >= 4 is 11.9 Å². The quantitative estimate of drug-likeness (QED) is 0.776. The van der Waals surface area contributed by atoms with Crippen LogP contribution in [0, 0.1) is 0 Å². The lowest BCUT2D eigenvalue weighted by Gasteiger charge is -2.29. The number of benzene rings is 1. The second-order valence-electron chi connectivity index (χ2n) is 7.22. The van der Waals surface area contributed by atoms with Gasteiger partial charge in [-0.25, -0.2) is 0 Å². The summed E-state index contributed by atoms with van der Waals surface area (Å²) in [4.78, 5) is 26.4. The van der Waals surface area contributed by atoms with E-state index in [2.05, 4.69) is 4.90 Å². The molecule has 1 aromatic rings. The highest BCUT2D eigenvalue weighted by Gasteiger charge is 2.39. The van der Waals surface area contributed by atoms with Crippen molar-refractivity contribution in [1.82, 2.24) is 4.90 Å². The number of likely N-dealkylation sites (tertiary alicyclic amines) is 1. The van der Waals surface area contributed by atoms with Crippen LogP contribution in [0.4, 0.5) is 0 Å². The molecule has 0 saturated carbocycles. The monoisotopic (exact) mass is 333 g/mol. The van der Waals surface area contributed by atoms with E-state index in [-0.39, 0.29) is 30.4 Å². The van der Waals surface area contributed by atoms with Gasteiger partial charge < -0.3 is 9.47 Å². The lowest BCUT2D eigenvalue weighted by atomic mass is 10.1. The first-order valence-corrected chi connectivity index (χ1v) is 8.39. The van der Waals surface area contributed by atoms with Crippen LogP contribution in [-0.2, 0) is 25.6 Å². The Morgan fingerprint density at radius 3 is 2.42 bits per heavy atom. The molecule has 2 rings (SSSR count). The van der Waals surface area contributed by atoms with E-state index in [1.807, 2.05) is 51.1 Å². The average Bonchev–Trinajstić information content (AvgIpc) is 2.88. The number of carbonyl (C=O) groups is 2. The summed E-state index contributed by atoms with van der Waals surface area (Å²) in [5.41, 5.74) is 0.615. The van der Waals surface area contributed by atoms with Crippen molar-refractivity contribution in [1.29, 1.82) is 0 Å². The van der Waals surface area contributed by atoms with Crippen LogP contribution in [0.5, 0.6) is 0 Å². The SMILES string of the molecule is COC(=O)[C@@H]1CC[C@H](CC(=O)OC(C)(C)C)N1Cc1ccccc1. The van der Waals surface area contributed by atoms with Crippen molar-refractivity contribution in [3.63, 3.8) is 0 Å². The molecule has 0 unspecified atom stereocenters. The molecule has 5 heteroatoms. The van der Waals surface area contributed by atoms with Gasteiger partial charge in [-0.3, -0.25) is 14.5 Å². The van der Waals surface area contributed by atoms with Gasteiger partial charge in [0.2, 0.25) is 0 Å². The maximum atomic E-state index is 12.2. The van der Waals surface area contributed by atoms with E-state index in [0.29, 0.717) is 13.0 Å². The average molecular weight is 333 g/mol. The van der Waals surface area contributed by atoms with Crippen LogP contribution in [0.2, 0.25) is 0 Å². The molecule has 1 saturated heterocycles. The van der Waals surface area contributed by atoms with Gasteiger partial charge in [0.25, 0.3) is 0 Å². The molecule has 0 aromatic heterocycles. The first-order valence-electron chi connectivity index (χ1n) is 8.39. The molecule has 1 aliphatic rings. The Labute approximate surface area is 143 Å². The second-order valence-corrected chi connectivity index (χ2v) is 7.22. The van der Waals surface area contributed by atoms with E-state index < -0.39 is 5.60 Å². The first-order chi connectivity index (χ1) is 11.3. The molecule has 132 valence electrons. The number of esters is 2. The van der Waals surface area contributed by atoms with Crippen LogP contribution < -0.4 is 0 Å². The van der Waals surface area contributed by atoms with Gasteiger partial charge in [-0.05, 0) is 39.2 Å². The second kappa shape index (κ2) is 7.79. The zero-order valence-corrected chi connectivity index (χ0v) is 15.0. The third kappa shape index (κ3) is 5.06. The largest absolute Gasteiger partial charge is 0.468 e. The van der Waals surface area contributed by atoms with Crippen molar-refractivity contribution in [2.24, 2.45) is 0 Å². The zero-order valence-electron chi connectivity index (χ0n) is 15.0. The Hall–Kier alpha value is -1.88. The summed E-state index contributed by atoms with van der Waals surface area (Å²) in [5, 5.41) is 0. The predicted octanol–water partition coefficient (Wildman–Crippen LogP) is 2.92. The standard InChI is InChI=1S/C19H27NO4/c1-19(2,3)24-17(21)12-15-10-11-16(18(22)23-4)20(15)13-14-8-6-5-7-9-14/h5-9,15-16H,10-13H2,1-4H3/t15-,16+/m1/s1. The molecule has 0 N–H and O–H groups in total. The third-order valence-corrected chi connectivity index (χ3v) is 4.15. The molecule has 1 heterocycles. The fraction of sp³-hybridized carbons (Fsp3) is 0.579. The van der Waals surface area contributed by atoms with Crippen LogP contribution in [0.3, 0.4) is 0 Å². The maximum Gasteiger partial charge on any atom is 0.323 e. The van der Waals surface area contributed by atoms with Gasteiger partial charge in [-0.15, -0.1) is 0 Å². The van der Waals surface area contributed by atoms with Crippen molar-refractivity contribution in [2.75, 3.05) is 7.11 Å². The van der Waals surface area contributed by atoms with Gasteiger partial charge in [0, 0.05) is 12.6 Å². The van der Waals surface area contributed by atoms with Crippen LogP contribution in [-0.4, -0.2) is 41.6 Å². The number of hydrogen-bond donors (Lipinski definition) is 0. The minimum atomic E-state index is -0.498. The van der Waals surface area contributed by atoms with Crippen molar-refractivity contribution in [3.8, 4) is 0 Å². The summed E-state index contributed by atoms with van der Waals surface area (Å²) in [6, 6.07) is 9.65. The van der Waals surface area contributed by atoms with E-state index in [4.69, 9.17) is 9.47 Å². The van der Waals surface area contributed by atoms with Gasteiger partial charge in [-0.2, -0.15) is 0 Å². The van der Waals surface area contributed by atoms with E-state index in [1.165, 1.54) is 7.11 Å². The zero-order chi connectivity index (χ0) is 17.7. The third-order valence-electron chi connectivity index (χ3n) is 4.15. The molecule has 5 nitrogen and oxygen atoms in total. The lowest BCUT2D eigenvalue weighted by molar-refractivity contribution is -0.157. The number of hydrogen-bond acceptors (Lipinski definition) is 5. The minimum absolute atomic E-state index is 0.0100.